The van der Waals surface area contributed by atoms with Crippen LogP contribution in [-0.2, 0) is 0 Å². The van der Waals surface area contributed by atoms with Crippen LogP contribution >= 0.6 is 11.8 Å². The number of nitrogens with one attached hydrogen (secondary N) is 1. The molecule has 1 aliphatic rings. The van der Waals surface area contributed by atoms with E-state index < -0.39 is 12.4 Å². The number of benzene rings is 3. The maximum Gasteiger partial charge on any atom is 0.573 e. The van der Waals surface area contributed by atoms with Crippen molar-refractivity contribution in [3.63, 3.8) is 0 Å². The van der Waals surface area contributed by atoms with Crippen molar-refractivity contribution >= 4 is 28.6 Å². The van der Waals surface area contributed by atoms with Crippen LogP contribution in [0, 0.1) is 0 Å². The smallest absolute Gasteiger partial charge is 0.497 e. The van der Waals surface area contributed by atoms with Gasteiger partial charge in [-0.25, -0.2) is 14.5 Å². The first-order chi connectivity index (χ1) is 21.5. The molecule has 2 amide bonds. The van der Waals surface area contributed by atoms with Crippen LogP contribution in [0.4, 0.5) is 23.7 Å². The predicted octanol–water partition coefficient (Wildman–Crippen LogP) is 7.74. The van der Waals surface area contributed by atoms with Crippen molar-refractivity contribution in [1.82, 2.24) is 20.1 Å². The number of halogens is 3. The van der Waals surface area contributed by atoms with Gasteiger partial charge in [-0.3, -0.25) is 0 Å². The minimum Gasteiger partial charge on any atom is -0.497 e. The standard InChI is InChI=1S/C32H33F3N6O3S/c1-5-27(37-30(42)38-31-40(16-17-45-31)28-18-25(43-4)14-15-26(28)20(2)3)21-6-8-22(9-7-21)29-36-19-41(39-29)23-10-12-24(13-11-23)44-32(33,34)35/h6-15,18-20,27H,5,16-17H2,1-4H3,(H,37,42). The second-order valence-corrected chi connectivity index (χ2v) is 11.6. The number of anilines is 1. The summed E-state index contributed by atoms with van der Waals surface area (Å²) in [5.74, 6) is 1.98. The molecule has 1 saturated heterocycles. The summed E-state index contributed by atoms with van der Waals surface area (Å²) >= 11 is 1.55. The van der Waals surface area contributed by atoms with Gasteiger partial charge in [0.15, 0.2) is 11.0 Å². The first-order valence-electron chi connectivity index (χ1n) is 14.4. The van der Waals surface area contributed by atoms with E-state index in [2.05, 4.69) is 49.9 Å². The number of hydrogen-bond acceptors (Lipinski definition) is 6. The monoisotopic (exact) mass is 638 g/mol. The molecule has 1 unspecified atom stereocenters. The Morgan fingerprint density at radius 1 is 1.07 bits per heavy atom. The van der Waals surface area contributed by atoms with Crippen molar-refractivity contribution in [1.29, 1.82) is 0 Å². The van der Waals surface area contributed by atoms with Crippen LogP contribution in [-0.4, -0.2) is 51.7 Å². The molecule has 45 heavy (non-hydrogen) atoms. The third kappa shape index (κ3) is 7.77. The van der Waals surface area contributed by atoms with E-state index in [1.165, 1.54) is 35.3 Å². The quantitative estimate of drug-likeness (QED) is 0.201. The first kappa shape index (κ1) is 31.9. The van der Waals surface area contributed by atoms with Gasteiger partial charge in [0.1, 0.15) is 17.8 Å². The zero-order valence-electron chi connectivity index (χ0n) is 25.2. The number of urea groups is 1. The van der Waals surface area contributed by atoms with Crippen molar-refractivity contribution < 1.29 is 27.4 Å². The summed E-state index contributed by atoms with van der Waals surface area (Å²) in [6.45, 7) is 7.00. The molecule has 0 bridgehead atoms. The lowest BCUT2D eigenvalue weighted by Crippen LogP contribution is -2.30. The molecule has 0 saturated carbocycles. The van der Waals surface area contributed by atoms with Crippen molar-refractivity contribution in [3.8, 4) is 28.6 Å². The van der Waals surface area contributed by atoms with Gasteiger partial charge in [-0.1, -0.05) is 62.9 Å². The van der Waals surface area contributed by atoms with Gasteiger partial charge in [0, 0.05) is 29.6 Å². The van der Waals surface area contributed by atoms with Gasteiger partial charge < -0.3 is 19.7 Å². The number of ether oxygens (including phenoxy) is 2. The number of nitrogens with zero attached hydrogens (tertiary/aromatic N) is 5. The highest BCUT2D eigenvalue weighted by atomic mass is 32.2. The Hall–Kier alpha value is -4.52. The molecule has 1 atom stereocenters. The number of carbonyl (C=O) groups is 1. The molecular formula is C32H33F3N6O3S. The molecular weight excluding hydrogens is 605 g/mol. The molecule has 1 fully saturated rings. The summed E-state index contributed by atoms with van der Waals surface area (Å²) in [6, 6.07) is 18.2. The van der Waals surface area contributed by atoms with Crippen molar-refractivity contribution in [3.05, 3.63) is 84.2 Å². The van der Waals surface area contributed by atoms with Gasteiger partial charge in [-0.2, -0.15) is 4.99 Å². The van der Waals surface area contributed by atoms with Gasteiger partial charge in [0.05, 0.1) is 18.8 Å². The van der Waals surface area contributed by atoms with E-state index in [0.717, 1.165) is 40.4 Å². The number of carbonyl (C=O) groups excluding carboxylic acids is 1. The molecule has 0 aliphatic carbocycles. The summed E-state index contributed by atoms with van der Waals surface area (Å²) < 4.78 is 48.2. The number of methoxy groups -OCH3 is 1. The van der Waals surface area contributed by atoms with Crippen LogP contribution in [0.2, 0.25) is 0 Å². The Morgan fingerprint density at radius 3 is 2.42 bits per heavy atom. The van der Waals surface area contributed by atoms with Crippen molar-refractivity contribution in [2.24, 2.45) is 4.99 Å². The molecule has 1 N–H and O–H groups in total. The van der Waals surface area contributed by atoms with Gasteiger partial charge in [0.25, 0.3) is 0 Å². The number of rotatable bonds is 9. The van der Waals surface area contributed by atoms with Crippen LogP contribution in [0.15, 0.2) is 78.0 Å². The SMILES string of the molecule is CCC(NC(=O)N=C1SCCN1c1cc(OC)ccc1C(C)C)c1ccc(-c2ncn(-c3ccc(OC(F)(F)F)cc3)n2)cc1. The Bertz CT molecular complexity index is 1660. The largest absolute Gasteiger partial charge is 0.573 e. The summed E-state index contributed by atoms with van der Waals surface area (Å²) in [5.41, 5.74) is 4.33. The second-order valence-electron chi connectivity index (χ2n) is 10.6. The Morgan fingerprint density at radius 2 is 1.78 bits per heavy atom. The average molecular weight is 639 g/mol. The molecule has 3 aromatic carbocycles. The minimum absolute atomic E-state index is 0.262. The molecule has 236 valence electrons. The molecule has 1 aliphatic heterocycles. The number of amidine groups is 1. The van der Waals surface area contributed by atoms with Gasteiger partial charge in [-0.05, 0) is 53.8 Å². The molecule has 4 aromatic rings. The molecule has 13 heteroatoms. The summed E-state index contributed by atoms with van der Waals surface area (Å²) in [6.07, 6.45) is -2.62. The van der Waals surface area contributed by atoms with Crippen LogP contribution in [0.5, 0.6) is 11.5 Å². The van der Waals surface area contributed by atoms with E-state index in [-0.39, 0.29) is 17.7 Å². The first-order valence-corrected chi connectivity index (χ1v) is 15.4. The highest BCUT2D eigenvalue weighted by Crippen LogP contribution is 2.35. The average Bonchev–Trinajstić information content (AvgIpc) is 3.69. The number of aromatic nitrogens is 3. The highest BCUT2D eigenvalue weighted by molar-refractivity contribution is 8.14. The molecule has 0 radical (unpaired) electrons. The lowest BCUT2D eigenvalue weighted by atomic mass is 10.00. The van der Waals surface area contributed by atoms with Crippen LogP contribution in [0.25, 0.3) is 17.1 Å². The second kappa shape index (κ2) is 13.6. The fourth-order valence-corrected chi connectivity index (χ4v) is 5.91. The topological polar surface area (TPSA) is 93.9 Å². The van der Waals surface area contributed by atoms with Crippen LogP contribution in [0.3, 0.4) is 0 Å². The number of hydrogen-bond donors (Lipinski definition) is 1. The zero-order valence-corrected chi connectivity index (χ0v) is 26.0. The normalized spacial score (nSPS) is 15.0. The molecule has 5 rings (SSSR count). The number of thioether (sulfide) groups is 1. The van der Waals surface area contributed by atoms with Gasteiger partial charge >= 0.3 is 12.4 Å². The number of amides is 2. The zero-order chi connectivity index (χ0) is 32.1. The number of aliphatic imine (C=N–C) groups is 1. The fraction of sp³-hybridized carbons (Fsp3) is 0.312. The van der Waals surface area contributed by atoms with E-state index in [9.17, 15) is 18.0 Å². The summed E-state index contributed by atoms with van der Waals surface area (Å²) in [7, 11) is 1.64. The van der Waals surface area contributed by atoms with Crippen LogP contribution in [0.1, 0.15) is 50.3 Å². The third-order valence-corrected chi connectivity index (χ3v) is 8.19. The molecule has 9 nitrogen and oxygen atoms in total. The van der Waals surface area contributed by atoms with Crippen molar-refractivity contribution in [2.45, 2.75) is 45.5 Å². The van der Waals surface area contributed by atoms with E-state index in [0.29, 0.717) is 23.1 Å². The van der Waals surface area contributed by atoms with E-state index in [4.69, 9.17) is 4.74 Å². The van der Waals surface area contributed by atoms with Gasteiger partial charge in [0.2, 0.25) is 0 Å². The maximum absolute atomic E-state index is 13.1. The van der Waals surface area contributed by atoms with Crippen molar-refractivity contribution in [2.75, 3.05) is 24.3 Å². The van der Waals surface area contributed by atoms with E-state index in [1.54, 1.807) is 18.9 Å². The van der Waals surface area contributed by atoms with E-state index in [1.807, 2.05) is 43.3 Å². The Labute approximate surface area is 263 Å². The summed E-state index contributed by atoms with van der Waals surface area (Å²) in [4.78, 5) is 24.0. The molecule has 1 aromatic heterocycles. The lowest BCUT2D eigenvalue weighted by Gasteiger charge is -2.24. The van der Waals surface area contributed by atoms with Crippen LogP contribution < -0.4 is 19.7 Å². The molecule has 2 heterocycles. The Kier molecular flexibility index (Phi) is 9.66. The molecule has 0 spiro atoms. The number of alkyl halides is 3. The Balaban J connectivity index is 1.26. The predicted molar refractivity (Wildman–Crippen MR) is 169 cm³/mol. The summed E-state index contributed by atoms with van der Waals surface area (Å²) in [5, 5.41) is 8.14. The highest BCUT2D eigenvalue weighted by Gasteiger charge is 2.31. The van der Waals surface area contributed by atoms with Gasteiger partial charge in [-0.15, -0.1) is 18.3 Å². The fourth-order valence-electron chi connectivity index (χ4n) is 4.96. The van der Waals surface area contributed by atoms with E-state index >= 15 is 0 Å². The lowest BCUT2D eigenvalue weighted by molar-refractivity contribution is -0.274. The minimum atomic E-state index is -4.76. The maximum atomic E-state index is 13.1. The third-order valence-electron chi connectivity index (χ3n) is 7.23.